The second-order valence-electron chi connectivity index (χ2n) is 5.85. The summed E-state index contributed by atoms with van der Waals surface area (Å²) in [5.74, 6) is -1.03. The molecule has 0 saturated carbocycles. The van der Waals surface area contributed by atoms with Crippen LogP contribution in [0.15, 0.2) is 48.2 Å². The zero-order valence-electron chi connectivity index (χ0n) is 16.1. The van der Waals surface area contributed by atoms with E-state index in [1.807, 2.05) is 6.07 Å². The van der Waals surface area contributed by atoms with Crippen molar-refractivity contribution in [2.75, 3.05) is 12.4 Å². The second kappa shape index (κ2) is 9.71. The molecule has 29 heavy (non-hydrogen) atoms. The molecule has 0 aliphatic carbocycles. The molecule has 0 radical (unpaired) electrons. The van der Waals surface area contributed by atoms with Crippen LogP contribution in [0.4, 0.5) is 5.69 Å². The molecule has 8 nitrogen and oxygen atoms in total. The van der Waals surface area contributed by atoms with Gasteiger partial charge in [0.2, 0.25) is 5.91 Å². The number of benzene rings is 2. The van der Waals surface area contributed by atoms with E-state index in [9.17, 15) is 14.4 Å². The van der Waals surface area contributed by atoms with Gasteiger partial charge in [0, 0.05) is 13.8 Å². The van der Waals surface area contributed by atoms with Crippen LogP contribution in [-0.4, -0.2) is 24.9 Å². The van der Waals surface area contributed by atoms with Crippen LogP contribution in [0.1, 0.15) is 25.0 Å². The fourth-order valence-electron chi connectivity index (χ4n) is 2.41. The summed E-state index contributed by atoms with van der Waals surface area (Å²) in [5.41, 5.74) is 1.09. The van der Waals surface area contributed by atoms with E-state index in [0.29, 0.717) is 11.3 Å². The molecule has 0 atom stereocenters. The molecule has 0 bridgehead atoms. The molecule has 2 aromatic rings. The third kappa shape index (κ3) is 5.94. The number of nitriles is 1. The van der Waals surface area contributed by atoms with Crippen LogP contribution in [0.2, 0.25) is 0 Å². The molecule has 2 N–H and O–H groups in total. The summed E-state index contributed by atoms with van der Waals surface area (Å²) in [4.78, 5) is 35.4. The molecule has 2 aromatic carbocycles. The summed E-state index contributed by atoms with van der Waals surface area (Å²) in [6.07, 6.45) is 1.44. The molecule has 0 unspecified atom stereocenters. The van der Waals surface area contributed by atoms with Crippen LogP contribution < -0.4 is 20.1 Å². The highest BCUT2D eigenvalue weighted by molar-refractivity contribution is 6.09. The van der Waals surface area contributed by atoms with E-state index in [1.165, 1.54) is 33.1 Å². The van der Waals surface area contributed by atoms with Crippen molar-refractivity contribution in [1.29, 1.82) is 5.26 Å². The molecular weight excluding hydrogens is 374 g/mol. The molecule has 0 heterocycles. The van der Waals surface area contributed by atoms with E-state index in [1.54, 1.807) is 36.4 Å². The van der Waals surface area contributed by atoms with Gasteiger partial charge in [0.1, 0.15) is 11.8 Å². The predicted molar refractivity (Wildman–Crippen MR) is 106 cm³/mol. The summed E-state index contributed by atoms with van der Waals surface area (Å²) < 4.78 is 10.3. The van der Waals surface area contributed by atoms with E-state index in [4.69, 9.17) is 14.7 Å². The maximum Gasteiger partial charge on any atom is 0.308 e. The third-order valence-corrected chi connectivity index (χ3v) is 3.60. The molecule has 2 amide bonds. The first kappa shape index (κ1) is 21.2. The van der Waals surface area contributed by atoms with Gasteiger partial charge in [0.25, 0.3) is 5.91 Å². The van der Waals surface area contributed by atoms with Crippen molar-refractivity contribution in [3.8, 4) is 17.6 Å². The van der Waals surface area contributed by atoms with Crippen molar-refractivity contribution in [3.05, 3.63) is 59.3 Å². The van der Waals surface area contributed by atoms with Gasteiger partial charge in [0.05, 0.1) is 18.4 Å². The lowest BCUT2D eigenvalue weighted by Gasteiger charge is -2.12. The Morgan fingerprint density at radius 3 is 2.41 bits per heavy atom. The molecule has 0 spiro atoms. The first-order valence-electron chi connectivity index (χ1n) is 8.50. The Hall–Kier alpha value is -4.12. The Balaban J connectivity index is 2.37. The number of esters is 1. The number of hydrogen-bond acceptors (Lipinski definition) is 6. The van der Waals surface area contributed by atoms with Crippen LogP contribution in [0.3, 0.4) is 0 Å². The summed E-state index contributed by atoms with van der Waals surface area (Å²) in [5, 5.41) is 14.2. The molecule has 8 heteroatoms. The average molecular weight is 393 g/mol. The standard InChI is InChI=1S/C21H19N3O5/c1-13(25)23-18(21(27)24-17-7-5-4-6-16(17)12-22)10-15-8-9-19(29-14(2)26)20(11-15)28-3/h4-11H,1-3H3,(H,23,25)(H,24,27). The number of carbonyl (C=O) groups is 3. The Labute approximate surface area is 167 Å². The predicted octanol–water partition coefficient (Wildman–Crippen LogP) is 2.61. The van der Waals surface area contributed by atoms with Crippen LogP contribution in [-0.2, 0) is 14.4 Å². The van der Waals surface area contributed by atoms with Crippen LogP contribution in [0.5, 0.6) is 11.5 Å². The van der Waals surface area contributed by atoms with Crippen LogP contribution in [0, 0.1) is 11.3 Å². The van der Waals surface area contributed by atoms with Gasteiger partial charge in [-0.2, -0.15) is 5.26 Å². The highest BCUT2D eigenvalue weighted by Gasteiger charge is 2.14. The topological polar surface area (TPSA) is 118 Å². The molecule has 148 valence electrons. The molecule has 0 aliphatic rings. The average Bonchev–Trinajstić information content (AvgIpc) is 2.68. The second-order valence-corrected chi connectivity index (χ2v) is 5.85. The third-order valence-electron chi connectivity index (χ3n) is 3.60. The Morgan fingerprint density at radius 2 is 1.79 bits per heavy atom. The molecular formula is C21H19N3O5. The summed E-state index contributed by atoms with van der Waals surface area (Å²) in [6, 6.07) is 13.2. The van der Waals surface area contributed by atoms with Gasteiger partial charge in [0.15, 0.2) is 11.5 Å². The molecule has 0 aromatic heterocycles. The SMILES string of the molecule is COc1cc(C=C(NC(C)=O)C(=O)Nc2ccccc2C#N)ccc1OC(C)=O. The minimum absolute atomic E-state index is 0.0347. The molecule has 0 fully saturated rings. The first-order chi connectivity index (χ1) is 13.8. The van der Waals surface area contributed by atoms with E-state index >= 15 is 0 Å². The maximum atomic E-state index is 12.7. The zero-order valence-corrected chi connectivity index (χ0v) is 16.1. The minimum atomic E-state index is -0.606. The number of nitrogens with zero attached hydrogens (tertiary/aromatic N) is 1. The number of carbonyl (C=O) groups excluding carboxylic acids is 3. The van der Waals surface area contributed by atoms with Crippen LogP contribution >= 0.6 is 0 Å². The zero-order chi connectivity index (χ0) is 21.4. The largest absolute Gasteiger partial charge is 0.493 e. The van der Waals surface area contributed by atoms with Crippen LogP contribution in [0.25, 0.3) is 6.08 Å². The first-order valence-corrected chi connectivity index (χ1v) is 8.50. The Morgan fingerprint density at radius 1 is 1.07 bits per heavy atom. The lowest BCUT2D eigenvalue weighted by Crippen LogP contribution is -2.29. The number of rotatable bonds is 6. The number of amides is 2. The quantitative estimate of drug-likeness (QED) is 0.443. The van der Waals surface area contributed by atoms with Gasteiger partial charge in [-0.05, 0) is 35.9 Å². The number of hydrogen-bond donors (Lipinski definition) is 2. The lowest BCUT2D eigenvalue weighted by molar-refractivity contribution is -0.132. The number of methoxy groups -OCH3 is 1. The number of para-hydroxylation sites is 1. The van der Waals surface area contributed by atoms with Gasteiger partial charge in [-0.3, -0.25) is 14.4 Å². The van der Waals surface area contributed by atoms with E-state index < -0.39 is 17.8 Å². The smallest absolute Gasteiger partial charge is 0.308 e. The van der Waals surface area contributed by atoms with Crippen molar-refractivity contribution >= 4 is 29.5 Å². The fraction of sp³-hybridized carbons (Fsp3) is 0.143. The minimum Gasteiger partial charge on any atom is -0.493 e. The monoisotopic (exact) mass is 393 g/mol. The highest BCUT2D eigenvalue weighted by atomic mass is 16.6. The summed E-state index contributed by atoms with van der Waals surface area (Å²) >= 11 is 0. The Bertz CT molecular complexity index is 1020. The van der Waals surface area contributed by atoms with Crippen molar-refractivity contribution in [3.63, 3.8) is 0 Å². The summed E-state index contributed by atoms with van der Waals surface area (Å²) in [7, 11) is 1.41. The number of anilines is 1. The van der Waals surface area contributed by atoms with E-state index in [2.05, 4.69) is 10.6 Å². The fourth-order valence-corrected chi connectivity index (χ4v) is 2.41. The molecule has 0 aliphatic heterocycles. The normalized spacial score (nSPS) is 10.5. The molecule has 2 rings (SSSR count). The van der Waals surface area contributed by atoms with Crippen molar-refractivity contribution < 1.29 is 23.9 Å². The van der Waals surface area contributed by atoms with Gasteiger partial charge in [-0.25, -0.2) is 0 Å². The number of nitrogens with one attached hydrogen (secondary N) is 2. The molecule has 0 saturated heterocycles. The number of ether oxygens (including phenoxy) is 2. The Kier molecular flexibility index (Phi) is 7.09. The van der Waals surface area contributed by atoms with Gasteiger partial charge < -0.3 is 20.1 Å². The van der Waals surface area contributed by atoms with Crippen molar-refractivity contribution in [2.24, 2.45) is 0 Å². The highest BCUT2D eigenvalue weighted by Crippen LogP contribution is 2.29. The summed E-state index contributed by atoms with van der Waals surface area (Å²) in [6.45, 7) is 2.54. The lowest BCUT2D eigenvalue weighted by atomic mass is 10.1. The van der Waals surface area contributed by atoms with Crippen molar-refractivity contribution in [1.82, 2.24) is 5.32 Å². The van der Waals surface area contributed by atoms with E-state index in [-0.39, 0.29) is 22.8 Å². The maximum absolute atomic E-state index is 12.7. The van der Waals surface area contributed by atoms with Gasteiger partial charge in [-0.15, -0.1) is 0 Å². The van der Waals surface area contributed by atoms with Gasteiger partial charge in [-0.1, -0.05) is 18.2 Å². The van der Waals surface area contributed by atoms with Crippen molar-refractivity contribution in [2.45, 2.75) is 13.8 Å². The van der Waals surface area contributed by atoms with E-state index in [0.717, 1.165) is 0 Å². The van der Waals surface area contributed by atoms with Gasteiger partial charge >= 0.3 is 5.97 Å².